The minimum atomic E-state index is 0.297. The lowest BCUT2D eigenvalue weighted by atomic mass is 10.2. The maximum atomic E-state index is 5.59. The molecule has 7 heteroatoms. The molecule has 0 spiro atoms. The number of hydrogen-bond acceptors (Lipinski definition) is 5. The molecule has 2 heterocycles. The number of thiocarbonyl (C=S) groups is 1. The molecule has 0 atom stereocenters. The molecule has 0 saturated carbocycles. The Morgan fingerprint density at radius 1 is 1.00 bits per heavy atom. The number of rotatable bonds is 5. The molecule has 1 fully saturated rings. The molecule has 0 aliphatic carbocycles. The molecule has 2 aromatic carbocycles. The first-order chi connectivity index (χ1) is 13.7. The standard InChI is InChI=1S/C21H25N3O3S/c1-25-18-5-2-16(3-6-18)14-23-8-10-24(11-9-23)21(28)22-13-17-4-7-19-20(12-17)27-15-26-19/h2-7,12H,8-11,13-15H2,1H3,(H,22,28). The topological polar surface area (TPSA) is 46.2 Å². The van der Waals surface area contributed by atoms with Gasteiger partial charge in [0.15, 0.2) is 16.6 Å². The van der Waals surface area contributed by atoms with Crippen molar-refractivity contribution in [3.63, 3.8) is 0 Å². The highest BCUT2D eigenvalue weighted by atomic mass is 32.1. The summed E-state index contributed by atoms with van der Waals surface area (Å²) in [4.78, 5) is 4.70. The smallest absolute Gasteiger partial charge is 0.231 e. The molecule has 0 bridgehead atoms. The van der Waals surface area contributed by atoms with Crippen LogP contribution < -0.4 is 19.5 Å². The molecule has 6 nitrogen and oxygen atoms in total. The van der Waals surface area contributed by atoms with Crippen LogP contribution in [0.2, 0.25) is 0 Å². The normalized spacial score (nSPS) is 16.1. The van der Waals surface area contributed by atoms with Gasteiger partial charge >= 0.3 is 0 Å². The maximum Gasteiger partial charge on any atom is 0.231 e. The van der Waals surface area contributed by atoms with E-state index >= 15 is 0 Å². The maximum absolute atomic E-state index is 5.59. The number of methoxy groups -OCH3 is 1. The number of benzene rings is 2. The van der Waals surface area contributed by atoms with E-state index in [-0.39, 0.29) is 0 Å². The highest BCUT2D eigenvalue weighted by Crippen LogP contribution is 2.32. The zero-order chi connectivity index (χ0) is 19.3. The summed E-state index contributed by atoms with van der Waals surface area (Å²) in [5.74, 6) is 2.50. The van der Waals surface area contributed by atoms with Crippen molar-refractivity contribution in [3.8, 4) is 17.2 Å². The van der Waals surface area contributed by atoms with Gasteiger partial charge in [-0.05, 0) is 47.6 Å². The zero-order valence-electron chi connectivity index (χ0n) is 16.0. The summed E-state index contributed by atoms with van der Waals surface area (Å²) in [5, 5.41) is 4.17. The van der Waals surface area contributed by atoms with Gasteiger partial charge in [-0.2, -0.15) is 0 Å². The second-order valence-corrected chi connectivity index (χ2v) is 7.34. The molecule has 148 valence electrons. The molecule has 1 N–H and O–H groups in total. The van der Waals surface area contributed by atoms with E-state index in [0.29, 0.717) is 13.3 Å². The van der Waals surface area contributed by atoms with Crippen molar-refractivity contribution in [2.24, 2.45) is 0 Å². The van der Waals surface area contributed by atoms with Crippen LogP contribution in [0.4, 0.5) is 0 Å². The highest BCUT2D eigenvalue weighted by molar-refractivity contribution is 7.80. The number of nitrogens with one attached hydrogen (secondary N) is 1. The molecule has 4 rings (SSSR count). The second-order valence-electron chi connectivity index (χ2n) is 6.96. The SMILES string of the molecule is COc1ccc(CN2CCN(C(=S)NCc3ccc4c(c3)OCO4)CC2)cc1. The van der Waals surface area contributed by atoms with Crippen molar-refractivity contribution in [2.45, 2.75) is 13.1 Å². The van der Waals surface area contributed by atoms with Gasteiger partial charge < -0.3 is 24.4 Å². The molecule has 0 aromatic heterocycles. The van der Waals surface area contributed by atoms with Crippen molar-refractivity contribution in [1.82, 2.24) is 15.1 Å². The Morgan fingerprint density at radius 2 is 1.71 bits per heavy atom. The van der Waals surface area contributed by atoms with Gasteiger partial charge in [0, 0.05) is 39.3 Å². The quantitative estimate of drug-likeness (QED) is 0.776. The number of fused-ring (bicyclic) bond motifs is 1. The summed E-state index contributed by atoms with van der Waals surface area (Å²) in [6.07, 6.45) is 0. The number of piperazine rings is 1. The van der Waals surface area contributed by atoms with E-state index in [1.807, 2.05) is 30.3 Å². The van der Waals surface area contributed by atoms with Crippen molar-refractivity contribution in [2.75, 3.05) is 40.1 Å². The molecule has 0 unspecified atom stereocenters. The largest absolute Gasteiger partial charge is 0.497 e. The van der Waals surface area contributed by atoms with Gasteiger partial charge in [-0.25, -0.2) is 0 Å². The minimum Gasteiger partial charge on any atom is -0.497 e. The third kappa shape index (κ3) is 4.48. The van der Waals surface area contributed by atoms with Gasteiger partial charge in [-0.1, -0.05) is 18.2 Å². The van der Waals surface area contributed by atoms with Crippen molar-refractivity contribution < 1.29 is 14.2 Å². The fraction of sp³-hybridized carbons (Fsp3) is 0.381. The fourth-order valence-electron chi connectivity index (χ4n) is 3.44. The van der Waals surface area contributed by atoms with Gasteiger partial charge in [0.05, 0.1) is 7.11 Å². The van der Waals surface area contributed by atoms with Crippen molar-refractivity contribution in [1.29, 1.82) is 0 Å². The van der Waals surface area contributed by atoms with Crippen LogP contribution in [0.15, 0.2) is 42.5 Å². The van der Waals surface area contributed by atoms with Crippen LogP contribution >= 0.6 is 12.2 Å². The first kappa shape index (κ1) is 18.8. The number of ether oxygens (including phenoxy) is 3. The van der Waals surface area contributed by atoms with Crippen molar-refractivity contribution >= 4 is 17.3 Å². The van der Waals surface area contributed by atoms with Crippen LogP contribution in [0, 0.1) is 0 Å². The van der Waals surface area contributed by atoms with Gasteiger partial charge in [0.2, 0.25) is 6.79 Å². The van der Waals surface area contributed by atoms with Gasteiger partial charge in [-0.15, -0.1) is 0 Å². The molecule has 1 saturated heterocycles. The number of nitrogens with zero attached hydrogens (tertiary/aromatic N) is 2. The summed E-state index contributed by atoms with van der Waals surface area (Å²) in [5.41, 5.74) is 2.43. The molecule has 0 radical (unpaired) electrons. The lowest BCUT2D eigenvalue weighted by Crippen LogP contribution is -2.51. The third-order valence-electron chi connectivity index (χ3n) is 5.11. The summed E-state index contributed by atoms with van der Waals surface area (Å²) in [6.45, 7) is 5.80. The first-order valence-electron chi connectivity index (χ1n) is 9.48. The monoisotopic (exact) mass is 399 g/mol. The third-order valence-corrected chi connectivity index (χ3v) is 5.51. The molecule has 2 aromatic rings. The molecular formula is C21H25N3O3S. The second kappa shape index (κ2) is 8.67. The molecule has 28 heavy (non-hydrogen) atoms. The average molecular weight is 400 g/mol. The highest BCUT2D eigenvalue weighted by Gasteiger charge is 2.19. The van der Waals surface area contributed by atoms with Crippen LogP contribution in [0.3, 0.4) is 0 Å². The van der Waals surface area contributed by atoms with Gasteiger partial charge in [0.25, 0.3) is 0 Å². The molecular weight excluding hydrogens is 374 g/mol. The lowest BCUT2D eigenvalue weighted by Gasteiger charge is -2.36. The van der Waals surface area contributed by atoms with Crippen LogP contribution in [0.25, 0.3) is 0 Å². The summed E-state index contributed by atoms with van der Waals surface area (Å²) < 4.78 is 16.0. The molecule has 2 aliphatic heterocycles. The lowest BCUT2D eigenvalue weighted by molar-refractivity contribution is 0.174. The minimum absolute atomic E-state index is 0.297. The Bertz CT molecular complexity index is 820. The molecule has 2 aliphatic rings. The average Bonchev–Trinajstić information content (AvgIpc) is 3.21. The van der Waals surface area contributed by atoms with E-state index in [4.69, 9.17) is 26.4 Å². The van der Waals surface area contributed by atoms with Crippen molar-refractivity contribution in [3.05, 3.63) is 53.6 Å². The Morgan fingerprint density at radius 3 is 2.46 bits per heavy atom. The Hall–Kier alpha value is -2.51. The van der Waals surface area contributed by atoms with Gasteiger partial charge in [0.1, 0.15) is 5.75 Å². The summed E-state index contributed by atoms with van der Waals surface area (Å²) in [6, 6.07) is 14.3. The summed E-state index contributed by atoms with van der Waals surface area (Å²) >= 11 is 5.59. The van der Waals surface area contributed by atoms with E-state index < -0.39 is 0 Å². The van der Waals surface area contributed by atoms with Crippen LogP contribution in [0.1, 0.15) is 11.1 Å². The Kier molecular flexibility index (Phi) is 5.83. The summed E-state index contributed by atoms with van der Waals surface area (Å²) in [7, 11) is 1.69. The van der Waals surface area contributed by atoms with E-state index in [2.05, 4.69) is 27.2 Å². The first-order valence-corrected chi connectivity index (χ1v) is 9.89. The van der Waals surface area contributed by atoms with Crippen LogP contribution in [-0.4, -0.2) is 55.0 Å². The fourth-order valence-corrected chi connectivity index (χ4v) is 3.69. The zero-order valence-corrected chi connectivity index (χ0v) is 16.8. The van der Waals surface area contributed by atoms with Gasteiger partial charge in [-0.3, -0.25) is 4.90 Å². The Labute approximate surface area is 171 Å². The van der Waals surface area contributed by atoms with E-state index in [9.17, 15) is 0 Å². The molecule has 0 amide bonds. The van der Waals surface area contributed by atoms with E-state index in [1.165, 1.54) is 5.56 Å². The Balaban J connectivity index is 1.22. The number of hydrogen-bond donors (Lipinski definition) is 1. The van der Waals surface area contributed by atoms with Crippen LogP contribution in [0.5, 0.6) is 17.2 Å². The van der Waals surface area contributed by atoms with Crippen LogP contribution in [-0.2, 0) is 13.1 Å². The predicted molar refractivity (Wildman–Crippen MR) is 112 cm³/mol. The predicted octanol–water partition coefficient (Wildman–Crippen LogP) is 2.62. The van der Waals surface area contributed by atoms with E-state index in [0.717, 1.165) is 60.6 Å². The van der Waals surface area contributed by atoms with E-state index in [1.54, 1.807) is 7.11 Å².